The molecule has 11 nitrogen and oxygen atoms in total. The standard InChI is InChI=1S/C24H28ClN7O4/c1-3-36-19-6-4-17(5-7-19)14-27-22(33)12-18-15-30(24(34)35-2)10-11-32(18)21-13-20(25)28-23(29-21)31-9-8-26-16-31/h4-9,13,16,18H,3,10-12,14-15H2,1-2H3,(H,27,33). The van der Waals surface area contributed by atoms with Crippen molar-refractivity contribution in [3.05, 3.63) is 59.8 Å². The third kappa shape index (κ3) is 6.22. The maximum Gasteiger partial charge on any atom is 0.409 e. The van der Waals surface area contributed by atoms with E-state index in [0.29, 0.717) is 44.6 Å². The van der Waals surface area contributed by atoms with Gasteiger partial charge in [0, 0.05) is 51.1 Å². The second kappa shape index (κ2) is 11.7. The molecule has 0 saturated carbocycles. The number of carbonyl (C=O) groups is 2. The molecule has 1 aromatic carbocycles. The number of methoxy groups -OCH3 is 1. The molecule has 2 amide bonds. The summed E-state index contributed by atoms with van der Waals surface area (Å²) in [6.07, 6.45) is 4.63. The van der Waals surface area contributed by atoms with Crippen LogP contribution < -0.4 is 15.0 Å². The summed E-state index contributed by atoms with van der Waals surface area (Å²) in [5, 5.41) is 3.22. The molecule has 1 unspecified atom stereocenters. The number of nitrogens with one attached hydrogen (secondary N) is 1. The van der Waals surface area contributed by atoms with Gasteiger partial charge in [-0.25, -0.2) is 14.8 Å². The van der Waals surface area contributed by atoms with E-state index in [1.54, 1.807) is 34.3 Å². The van der Waals surface area contributed by atoms with Crippen molar-refractivity contribution in [1.82, 2.24) is 29.7 Å². The number of ether oxygens (including phenoxy) is 2. The number of halogens is 1. The van der Waals surface area contributed by atoms with Crippen molar-refractivity contribution in [3.8, 4) is 11.7 Å². The molecule has 3 heterocycles. The highest BCUT2D eigenvalue weighted by Gasteiger charge is 2.33. The first-order valence-electron chi connectivity index (χ1n) is 11.6. The van der Waals surface area contributed by atoms with Crippen LogP contribution >= 0.6 is 11.6 Å². The van der Waals surface area contributed by atoms with Gasteiger partial charge in [0.2, 0.25) is 11.9 Å². The van der Waals surface area contributed by atoms with Gasteiger partial charge in [-0.15, -0.1) is 0 Å². The number of amides is 2. The van der Waals surface area contributed by atoms with Crippen LogP contribution in [0, 0.1) is 0 Å². The Bertz CT molecular complexity index is 1170. The van der Waals surface area contributed by atoms with E-state index in [4.69, 9.17) is 21.1 Å². The van der Waals surface area contributed by atoms with Crippen molar-refractivity contribution in [2.24, 2.45) is 0 Å². The number of carbonyl (C=O) groups excluding carboxylic acids is 2. The molecule has 3 aromatic rings. The van der Waals surface area contributed by atoms with E-state index >= 15 is 0 Å². The molecule has 0 spiro atoms. The molecule has 0 aliphatic carbocycles. The Morgan fingerprint density at radius 1 is 1.19 bits per heavy atom. The van der Waals surface area contributed by atoms with Gasteiger partial charge in [0.05, 0.1) is 19.8 Å². The number of hydrogen-bond acceptors (Lipinski definition) is 8. The van der Waals surface area contributed by atoms with Crippen LogP contribution in [0.25, 0.3) is 5.95 Å². The molecule has 0 radical (unpaired) electrons. The Kier molecular flexibility index (Phi) is 8.21. The molecule has 190 valence electrons. The first kappa shape index (κ1) is 25.2. The SMILES string of the molecule is CCOc1ccc(CNC(=O)CC2CN(C(=O)OC)CCN2c2cc(Cl)nc(-n3ccnc3)n2)cc1. The van der Waals surface area contributed by atoms with Gasteiger partial charge in [-0.05, 0) is 24.6 Å². The zero-order valence-electron chi connectivity index (χ0n) is 20.1. The number of aromatic nitrogens is 4. The Morgan fingerprint density at radius 3 is 2.69 bits per heavy atom. The molecule has 1 aliphatic heterocycles. The molecule has 1 N–H and O–H groups in total. The lowest BCUT2D eigenvalue weighted by molar-refractivity contribution is -0.121. The van der Waals surface area contributed by atoms with Gasteiger partial charge in [0.1, 0.15) is 23.0 Å². The monoisotopic (exact) mass is 513 g/mol. The van der Waals surface area contributed by atoms with Crippen molar-refractivity contribution in [3.63, 3.8) is 0 Å². The molecular formula is C24H28ClN7O4. The fraction of sp³-hybridized carbons (Fsp3) is 0.375. The van der Waals surface area contributed by atoms with E-state index in [0.717, 1.165) is 11.3 Å². The second-order valence-electron chi connectivity index (χ2n) is 8.14. The van der Waals surface area contributed by atoms with Gasteiger partial charge in [0.25, 0.3) is 0 Å². The third-order valence-corrected chi connectivity index (χ3v) is 5.95. The zero-order chi connectivity index (χ0) is 25.5. The minimum absolute atomic E-state index is 0.145. The van der Waals surface area contributed by atoms with E-state index < -0.39 is 6.09 Å². The fourth-order valence-corrected chi connectivity index (χ4v) is 4.19. The molecule has 1 fully saturated rings. The van der Waals surface area contributed by atoms with Gasteiger partial charge in [-0.3, -0.25) is 9.36 Å². The van der Waals surface area contributed by atoms with Crippen LogP contribution in [-0.4, -0.2) is 75.8 Å². The maximum atomic E-state index is 12.9. The summed E-state index contributed by atoms with van der Waals surface area (Å²) in [7, 11) is 1.34. The molecule has 0 bridgehead atoms. The average Bonchev–Trinajstić information content (AvgIpc) is 3.43. The number of piperazine rings is 1. The largest absolute Gasteiger partial charge is 0.494 e. The topological polar surface area (TPSA) is 115 Å². The van der Waals surface area contributed by atoms with Gasteiger partial charge in [0.15, 0.2) is 0 Å². The summed E-state index contributed by atoms with van der Waals surface area (Å²) in [6.45, 7) is 4.06. The molecule has 2 aromatic heterocycles. The zero-order valence-corrected chi connectivity index (χ0v) is 20.9. The van der Waals surface area contributed by atoms with Gasteiger partial charge in [-0.1, -0.05) is 23.7 Å². The van der Waals surface area contributed by atoms with Crippen LogP contribution in [0.5, 0.6) is 5.75 Å². The number of hydrogen-bond donors (Lipinski definition) is 1. The van der Waals surface area contributed by atoms with Crippen molar-refractivity contribution in [1.29, 1.82) is 0 Å². The predicted molar refractivity (Wildman–Crippen MR) is 133 cm³/mol. The number of benzene rings is 1. The second-order valence-corrected chi connectivity index (χ2v) is 8.53. The van der Waals surface area contributed by atoms with Gasteiger partial charge >= 0.3 is 6.09 Å². The Labute approximate surface area is 214 Å². The smallest absolute Gasteiger partial charge is 0.409 e. The number of rotatable bonds is 8. The van der Waals surface area contributed by atoms with Crippen LogP contribution in [0.15, 0.2) is 49.1 Å². The number of anilines is 1. The van der Waals surface area contributed by atoms with Gasteiger partial charge in [-0.2, -0.15) is 4.98 Å². The molecule has 12 heteroatoms. The summed E-state index contributed by atoms with van der Waals surface area (Å²) >= 11 is 6.31. The summed E-state index contributed by atoms with van der Waals surface area (Å²) in [6, 6.07) is 8.88. The van der Waals surface area contributed by atoms with Crippen LogP contribution in [-0.2, 0) is 16.1 Å². The molecule has 1 atom stereocenters. The minimum atomic E-state index is -0.436. The predicted octanol–water partition coefficient (Wildman–Crippen LogP) is 2.68. The van der Waals surface area contributed by atoms with Crippen molar-refractivity contribution >= 4 is 29.4 Å². The van der Waals surface area contributed by atoms with E-state index in [9.17, 15) is 9.59 Å². The summed E-state index contributed by atoms with van der Waals surface area (Å²) in [4.78, 5) is 41.6. The highest BCUT2D eigenvalue weighted by molar-refractivity contribution is 6.29. The Hall–Kier alpha value is -3.86. The Balaban J connectivity index is 1.49. The van der Waals surface area contributed by atoms with E-state index in [1.165, 1.54) is 7.11 Å². The lowest BCUT2D eigenvalue weighted by Gasteiger charge is -2.41. The molecule has 1 saturated heterocycles. The van der Waals surface area contributed by atoms with Crippen LogP contribution in [0.2, 0.25) is 5.15 Å². The number of nitrogens with zero attached hydrogens (tertiary/aromatic N) is 6. The van der Waals surface area contributed by atoms with Gasteiger partial charge < -0.3 is 24.6 Å². The average molecular weight is 514 g/mol. The summed E-state index contributed by atoms with van der Waals surface area (Å²) in [5.74, 6) is 1.56. The summed E-state index contributed by atoms with van der Waals surface area (Å²) < 4.78 is 12.0. The maximum absolute atomic E-state index is 12.9. The Morgan fingerprint density at radius 2 is 2.00 bits per heavy atom. The van der Waals surface area contributed by atoms with Crippen molar-refractivity contribution in [2.75, 3.05) is 38.3 Å². The van der Waals surface area contributed by atoms with E-state index in [1.807, 2.05) is 36.1 Å². The molecule has 1 aliphatic rings. The highest BCUT2D eigenvalue weighted by Crippen LogP contribution is 2.24. The lowest BCUT2D eigenvalue weighted by Crippen LogP contribution is -2.56. The van der Waals surface area contributed by atoms with Crippen LogP contribution in [0.3, 0.4) is 0 Å². The first-order valence-corrected chi connectivity index (χ1v) is 12.0. The normalized spacial score (nSPS) is 15.5. The third-order valence-electron chi connectivity index (χ3n) is 5.76. The van der Waals surface area contributed by atoms with Crippen molar-refractivity contribution < 1.29 is 19.1 Å². The molecule has 36 heavy (non-hydrogen) atoms. The minimum Gasteiger partial charge on any atom is -0.494 e. The van der Waals surface area contributed by atoms with Crippen molar-refractivity contribution in [2.45, 2.75) is 25.9 Å². The van der Waals surface area contributed by atoms with E-state index in [2.05, 4.69) is 20.3 Å². The molecule has 4 rings (SSSR count). The first-order chi connectivity index (χ1) is 17.5. The highest BCUT2D eigenvalue weighted by atomic mass is 35.5. The summed E-state index contributed by atoms with van der Waals surface area (Å²) in [5.41, 5.74) is 0.955. The lowest BCUT2D eigenvalue weighted by atomic mass is 10.1. The van der Waals surface area contributed by atoms with Crippen LogP contribution in [0.1, 0.15) is 18.9 Å². The fourth-order valence-electron chi connectivity index (χ4n) is 4.02. The number of imidazole rings is 1. The van der Waals surface area contributed by atoms with E-state index in [-0.39, 0.29) is 23.5 Å². The molecular weight excluding hydrogens is 486 g/mol. The van der Waals surface area contributed by atoms with Crippen LogP contribution in [0.4, 0.5) is 10.6 Å². The quantitative estimate of drug-likeness (QED) is 0.457.